The number of aryl methyl sites for hydroxylation is 1. The second-order valence-corrected chi connectivity index (χ2v) is 11.9. The molecule has 10 heteroatoms. The number of amides is 1. The van der Waals surface area contributed by atoms with E-state index in [-0.39, 0.29) is 43.1 Å². The molecule has 3 fully saturated rings. The van der Waals surface area contributed by atoms with E-state index in [1.165, 1.54) is 23.6 Å². The van der Waals surface area contributed by atoms with Crippen molar-refractivity contribution in [3.05, 3.63) is 29.8 Å². The Labute approximate surface area is 208 Å². The molecule has 9 nitrogen and oxygen atoms in total. The molecular weight excluding hydrogens is 470 g/mol. The lowest BCUT2D eigenvalue weighted by atomic mass is 9.96. The van der Waals surface area contributed by atoms with Gasteiger partial charge in [0, 0.05) is 19.6 Å². The molecule has 196 valence electrons. The number of aliphatic hydroxyl groups is 1. The van der Waals surface area contributed by atoms with Crippen LogP contribution in [0.4, 0.5) is 0 Å². The fourth-order valence-electron chi connectivity index (χ4n) is 5.23. The van der Waals surface area contributed by atoms with Crippen molar-refractivity contribution in [3.63, 3.8) is 0 Å². The molecule has 4 atom stereocenters. The summed E-state index contributed by atoms with van der Waals surface area (Å²) < 4.78 is 40.3. The Morgan fingerprint density at radius 2 is 1.86 bits per heavy atom. The number of aliphatic hydroxyl groups excluding tert-OH is 1. The first-order chi connectivity index (χ1) is 16.8. The van der Waals surface area contributed by atoms with Gasteiger partial charge >= 0.3 is 0 Å². The number of fused-ring (bicyclic) bond motifs is 1. The quantitative estimate of drug-likeness (QED) is 0.570. The molecule has 3 aliphatic rings. The van der Waals surface area contributed by atoms with E-state index in [4.69, 9.17) is 9.47 Å². The van der Waals surface area contributed by atoms with Crippen LogP contribution in [-0.2, 0) is 24.3 Å². The molecule has 1 amide bonds. The lowest BCUT2D eigenvalue weighted by Gasteiger charge is -2.43. The molecule has 0 bridgehead atoms. The van der Waals surface area contributed by atoms with Crippen molar-refractivity contribution in [2.75, 3.05) is 45.9 Å². The number of likely N-dealkylation sites (tertiary alicyclic amines) is 1. The van der Waals surface area contributed by atoms with E-state index in [0.717, 1.165) is 25.2 Å². The second kappa shape index (κ2) is 12.1. The van der Waals surface area contributed by atoms with E-state index in [1.54, 1.807) is 24.3 Å². The third-order valence-corrected chi connectivity index (χ3v) is 9.08. The van der Waals surface area contributed by atoms with Gasteiger partial charge in [-0.15, -0.1) is 0 Å². The highest BCUT2D eigenvalue weighted by atomic mass is 32.2. The number of hydrogen-bond acceptors (Lipinski definition) is 7. The fraction of sp³-hybridized carbons (Fsp3) is 0.720. The minimum absolute atomic E-state index is 0.0359. The zero-order chi connectivity index (χ0) is 24.8. The predicted octanol–water partition coefficient (Wildman–Crippen LogP) is 1.29. The van der Waals surface area contributed by atoms with Crippen LogP contribution >= 0.6 is 0 Å². The average Bonchev–Trinajstić information content (AvgIpc) is 2.83. The van der Waals surface area contributed by atoms with Crippen LogP contribution in [-0.4, -0.2) is 98.9 Å². The summed E-state index contributed by atoms with van der Waals surface area (Å²) in [6.45, 7) is 5.75. The van der Waals surface area contributed by atoms with Crippen LogP contribution in [0.2, 0.25) is 0 Å². The maximum absolute atomic E-state index is 13.5. The number of nitrogens with one attached hydrogen (secondary N) is 1. The molecule has 2 N–H and O–H groups in total. The van der Waals surface area contributed by atoms with E-state index >= 15 is 0 Å². The van der Waals surface area contributed by atoms with Crippen LogP contribution < -0.4 is 5.32 Å². The zero-order valence-electron chi connectivity index (χ0n) is 20.6. The molecular formula is C25H39N3O6S. The fourth-order valence-corrected chi connectivity index (χ4v) is 6.95. The summed E-state index contributed by atoms with van der Waals surface area (Å²) >= 11 is 0. The molecule has 1 aromatic carbocycles. The monoisotopic (exact) mass is 509 g/mol. The summed E-state index contributed by atoms with van der Waals surface area (Å²) in [5, 5.41) is 13.4. The number of sulfonamides is 1. The largest absolute Gasteiger partial charge is 0.389 e. The zero-order valence-corrected chi connectivity index (χ0v) is 21.4. The molecule has 3 aliphatic heterocycles. The molecule has 1 aromatic rings. The third-order valence-electron chi connectivity index (χ3n) is 7.17. The summed E-state index contributed by atoms with van der Waals surface area (Å²) in [6.07, 6.45) is 3.39. The van der Waals surface area contributed by atoms with E-state index in [0.29, 0.717) is 19.4 Å². The van der Waals surface area contributed by atoms with Gasteiger partial charge in [0.1, 0.15) is 0 Å². The van der Waals surface area contributed by atoms with Crippen molar-refractivity contribution in [1.82, 2.24) is 14.5 Å². The van der Waals surface area contributed by atoms with Crippen molar-refractivity contribution in [1.29, 1.82) is 0 Å². The highest BCUT2D eigenvalue weighted by Crippen LogP contribution is 2.31. The SMILES string of the molecule is Cc1ccc(S(=O)(=O)N2C[C@@H](O)COC[C@H]3O[C@H](CC(=O)NCCN4CCCCC4)CC[C@@H]32)cc1. The lowest BCUT2D eigenvalue weighted by Crippen LogP contribution is -2.57. The molecule has 0 unspecified atom stereocenters. The van der Waals surface area contributed by atoms with E-state index < -0.39 is 28.3 Å². The topological polar surface area (TPSA) is 108 Å². The van der Waals surface area contributed by atoms with Gasteiger partial charge in [-0.1, -0.05) is 24.1 Å². The van der Waals surface area contributed by atoms with Crippen molar-refractivity contribution in [3.8, 4) is 0 Å². The lowest BCUT2D eigenvalue weighted by molar-refractivity contribution is -0.146. The number of benzene rings is 1. The average molecular weight is 510 g/mol. The van der Waals surface area contributed by atoms with Crippen molar-refractivity contribution in [2.24, 2.45) is 0 Å². The van der Waals surface area contributed by atoms with Crippen molar-refractivity contribution >= 4 is 15.9 Å². The number of rotatable bonds is 7. The Morgan fingerprint density at radius 1 is 1.11 bits per heavy atom. The van der Waals surface area contributed by atoms with Crippen LogP contribution in [0.1, 0.15) is 44.1 Å². The number of hydrogen-bond donors (Lipinski definition) is 2. The molecule has 35 heavy (non-hydrogen) atoms. The van der Waals surface area contributed by atoms with Gasteiger partial charge in [-0.2, -0.15) is 4.31 Å². The van der Waals surface area contributed by atoms with Crippen molar-refractivity contribution in [2.45, 2.75) is 74.7 Å². The predicted molar refractivity (Wildman–Crippen MR) is 131 cm³/mol. The number of carbonyl (C=O) groups excluding carboxylic acids is 1. The Kier molecular flexibility index (Phi) is 9.18. The molecule has 4 rings (SSSR count). The summed E-state index contributed by atoms with van der Waals surface area (Å²) in [6, 6.07) is 6.27. The summed E-state index contributed by atoms with van der Waals surface area (Å²) in [5.41, 5.74) is 0.973. The smallest absolute Gasteiger partial charge is 0.243 e. The maximum Gasteiger partial charge on any atom is 0.243 e. The van der Waals surface area contributed by atoms with Gasteiger partial charge in [-0.05, 0) is 57.8 Å². The molecule has 0 radical (unpaired) electrons. The van der Waals surface area contributed by atoms with Gasteiger partial charge in [0.05, 0.1) is 48.9 Å². The first kappa shape index (κ1) is 26.5. The van der Waals surface area contributed by atoms with Crippen LogP contribution in [0.3, 0.4) is 0 Å². The highest BCUT2D eigenvalue weighted by Gasteiger charge is 2.43. The molecule has 0 aliphatic carbocycles. The molecule has 0 saturated carbocycles. The van der Waals surface area contributed by atoms with Crippen LogP contribution in [0, 0.1) is 6.92 Å². The first-order valence-corrected chi connectivity index (χ1v) is 14.3. The van der Waals surface area contributed by atoms with E-state index in [1.807, 2.05) is 6.92 Å². The standard InChI is InChI=1S/C25H39N3O6S/c1-19-5-8-22(9-6-19)35(31,32)28-16-20(29)17-33-18-24-23(28)10-7-21(34-24)15-25(30)26-11-14-27-12-3-2-4-13-27/h5-6,8-9,20-21,23-24,29H,2-4,7,10-18H2,1H3,(H,26,30)/t20-,21+,23+,24-/m1/s1. The second-order valence-electron chi connectivity index (χ2n) is 9.98. The molecule has 0 aromatic heterocycles. The van der Waals surface area contributed by atoms with Gasteiger partial charge in [-0.25, -0.2) is 8.42 Å². The van der Waals surface area contributed by atoms with E-state index in [9.17, 15) is 18.3 Å². The Bertz CT molecular complexity index is 935. The number of β-amino-alcohol motifs (C(OH)–C–C–N with tert-alkyl or cyclic N) is 1. The normalized spacial score (nSPS) is 29.1. The van der Waals surface area contributed by atoms with Gasteiger partial charge in [0.15, 0.2) is 0 Å². The third kappa shape index (κ3) is 7.02. The Morgan fingerprint density at radius 3 is 2.60 bits per heavy atom. The summed E-state index contributed by atoms with van der Waals surface area (Å²) in [7, 11) is -3.83. The first-order valence-electron chi connectivity index (χ1n) is 12.8. The van der Waals surface area contributed by atoms with Crippen molar-refractivity contribution < 1.29 is 27.8 Å². The minimum atomic E-state index is -3.83. The minimum Gasteiger partial charge on any atom is -0.389 e. The molecule has 3 saturated heterocycles. The van der Waals surface area contributed by atoms with Crippen LogP contribution in [0.25, 0.3) is 0 Å². The summed E-state index contributed by atoms with van der Waals surface area (Å²) in [5.74, 6) is -0.0447. The van der Waals surface area contributed by atoms with Gasteiger partial charge in [-0.3, -0.25) is 4.79 Å². The number of nitrogens with zero attached hydrogens (tertiary/aromatic N) is 2. The summed E-state index contributed by atoms with van der Waals surface area (Å²) in [4.78, 5) is 15.1. The number of ether oxygens (including phenoxy) is 2. The van der Waals surface area contributed by atoms with Crippen LogP contribution in [0.15, 0.2) is 29.2 Å². The number of piperidine rings is 1. The molecule has 3 heterocycles. The van der Waals surface area contributed by atoms with Gasteiger partial charge in [0.2, 0.25) is 15.9 Å². The van der Waals surface area contributed by atoms with Gasteiger partial charge < -0.3 is 24.8 Å². The number of carbonyl (C=O) groups is 1. The van der Waals surface area contributed by atoms with E-state index in [2.05, 4.69) is 10.2 Å². The Balaban J connectivity index is 1.36. The van der Waals surface area contributed by atoms with Gasteiger partial charge in [0.25, 0.3) is 0 Å². The molecule has 0 spiro atoms. The Hall–Kier alpha value is -1.56. The maximum atomic E-state index is 13.5. The van der Waals surface area contributed by atoms with Crippen LogP contribution in [0.5, 0.6) is 0 Å². The highest BCUT2D eigenvalue weighted by molar-refractivity contribution is 7.89.